The Morgan fingerprint density at radius 2 is 1.85 bits per heavy atom. The van der Waals surface area contributed by atoms with Gasteiger partial charge in [-0.3, -0.25) is 4.79 Å². The maximum absolute atomic E-state index is 11.7. The molecular formula is C22H24N2O3. The smallest absolute Gasteiger partial charge is 0.246 e. The Labute approximate surface area is 159 Å². The fraction of sp³-hybridized carbons (Fsp3) is 0.318. The molecule has 27 heavy (non-hydrogen) atoms. The number of carbonyl (C=O) groups excluding carboxylic acids is 1. The van der Waals surface area contributed by atoms with Crippen LogP contribution in [0.4, 0.5) is 0 Å². The number of benzene rings is 2. The normalized spacial score (nSPS) is 25.2. The van der Waals surface area contributed by atoms with Crippen LogP contribution in [0.1, 0.15) is 24.1 Å². The summed E-state index contributed by atoms with van der Waals surface area (Å²) in [4.78, 5) is 14.0. The molecule has 140 valence electrons. The van der Waals surface area contributed by atoms with E-state index in [1.54, 1.807) is 6.08 Å². The Morgan fingerprint density at radius 3 is 2.52 bits per heavy atom. The van der Waals surface area contributed by atoms with Gasteiger partial charge in [0.15, 0.2) is 5.79 Å². The van der Waals surface area contributed by atoms with Crippen molar-refractivity contribution in [3.63, 3.8) is 0 Å². The summed E-state index contributed by atoms with van der Waals surface area (Å²) >= 11 is 0. The minimum atomic E-state index is -0.831. The van der Waals surface area contributed by atoms with Gasteiger partial charge >= 0.3 is 0 Å². The quantitative estimate of drug-likeness (QED) is 0.886. The molecule has 5 nitrogen and oxygen atoms in total. The first-order valence-electron chi connectivity index (χ1n) is 9.27. The van der Waals surface area contributed by atoms with Crippen molar-refractivity contribution >= 4 is 5.91 Å². The topological polar surface area (TPSA) is 50.8 Å². The van der Waals surface area contributed by atoms with E-state index in [1.807, 2.05) is 55.5 Å². The highest BCUT2D eigenvalue weighted by Gasteiger charge is 2.45. The zero-order valence-corrected chi connectivity index (χ0v) is 15.4. The molecular weight excluding hydrogens is 340 g/mol. The van der Waals surface area contributed by atoms with E-state index in [0.29, 0.717) is 26.3 Å². The van der Waals surface area contributed by atoms with Crippen LogP contribution in [0.15, 0.2) is 72.4 Å². The lowest BCUT2D eigenvalue weighted by Gasteiger charge is -2.49. The molecule has 1 fully saturated rings. The third-order valence-corrected chi connectivity index (χ3v) is 5.12. The van der Waals surface area contributed by atoms with E-state index in [4.69, 9.17) is 9.47 Å². The summed E-state index contributed by atoms with van der Waals surface area (Å²) in [7, 11) is 0. The molecule has 1 unspecified atom stereocenters. The van der Waals surface area contributed by atoms with Crippen molar-refractivity contribution in [1.82, 2.24) is 10.2 Å². The minimum absolute atomic E-state index is 0.0461. The summed E-state index contributed by atoms with van der Waals surface area (Å²) in [6, 6.07) is 20.2. The fourth-order valence-corrected chi connectivity index (χ4v) is 3.80. The second kappa shape index (κ2) is 7.55. The fourth-order valence-electron chi connectivity index (χ4n) is 3.80. The van der Waals surface area contributed by atoms with Gasteiger partial charge in [0.1, 0.15) is 6.04 Å². The van der Waals surface area contributed by atoms with Gasteiger partial charge < -0.3 is 19.7 Å². The zero-order chi connectivity index (χ0) is 18.7. The van der Waals surface area contributed by atoms with Crippen LogP contribution < -0.4 is 5.32 Å². The standard InChI is InChI=1S/C22H24N2O3/c1-22(27-16-17-8-4-2-5-9-17)21(18-10-6-3-7-11-18)24(12-13-26-22)19-14-20(25)23-15-19/h2-11,14,21H,12-13,15-16H2,1H3,(H,23,25)/t21-,22?/m0/s1. The SMILES string of the molecule is CC1(OCc2ccccc2)OCCN(C2=CC(=O)NC2)[C@H]1c1ccccc1. The molecule has 1 N–H and O–H groups in total. The maximum atomic E-state index is 11.7. The summed E-state index contributed by atoms with van der Waals surface area (Å²) in [6.45, 7) is 4.25. The first-order chi connectivity index (χ1) is 13.2. The lowest BCUT2D eigenvalue weighted by molar-refractivity contribution is -0.287. The molecule has 0 radical (unpaired) electrons. The average molecular weight is 364 g/mol. The molecule has 0 saturated carbocycles. The van der Waals surface area contributed by atoms with Gasteiger partial charge in [-0.15, -0.1) is 0 Å². The monoisotopic (exact) mass is 364 g/mol. The Bertz CT molecular complexity index is 822. The highest BCUT2D eigenvalue weighted by atomic mass is 16.7. The van der Waals surface area contributed by atoms with E-state index >= 15 is 0 Å². The van der Waals surface area contributed by atoms with Crippen LogP contribution in [0.2, 0.25) is 0 Å². The van der Waals surface area contributed by atoms with Crippen LogP contribution in [-0.2, 0) is 20.9 Å². The molecule has 2 atom stereocenters. The number of morpholine rings is 1. The van der Waals surface area contributed by atoms with Crippen LogP contribution in [0.25, 0.3) is 0 Å². The van der Waals surface area contributed by atoms with E-state index in [0.717, 1.165) is 16.8 Å². The maximum Gasteiger partial charge on any atom is 0.246 e. The average Bonchev–Trinajstić information content (AvgIpc) is 3.14. The van der Waals surface area contributed by atoms with Crippen LogP contribution in [-0.4, -0.2) is 36.3 Å². The van der Waals surface area contributed by atoms with Crippen LogP contribution >= 0.6 is 0 Å². The molecule has 1 amide bonds. The summed E-state index contributed by atoms with van der Waals surface area (Å²) in [5.74, 6) is -0.878. The number of ether oxygens (including phenoxy) is 2. The number of amides is 1. The molecule has 4 rings (SSSR count). The van der Waals surface area contributed by atoms with Gasteiger partial charge in [-0.25, -0.2) is 0 Å². The molecule has 2 heterocycles. The van der Waals surface area contributed by atoms with Gasteiger partial charge in [0.2, 0.25) is 5.91 Å². The first kappa shape index (κ1) is 17.8. The molecule has 0 aliphatic carbocycles. The minimum Gasteiger partial charge on any atom is -0.359 e. The third-order valence-electron chi connectivity index (χ3n) is 5.12. The predicted octanol–water partition coefficient (Wildman–Crippen LogP) is 3.01. The van der Waals surface area contributed by atoms with Crippen molar-refractivity contribution in [1.29, 1.82) is 0 Å². The van der Waals surface area contributed by atoms with Crippen LogP contribution in [0.3, 0.4) is 0 Å². The van der Waals surface area contributed by atoms with Crippen molar-refractivity contribution in [2.24, 2.45) is 0 Å². The summed E-state index contributed by atoms with van der Waals surface area (Å²) in [5, 5.41) is 2.87. The third kappa shape index (κ3) is 3.75. The number of nitrogens with one attached hydrogen (secondary N) is 1. The summed E-state index contributed by atoms with van der Waals surface area (Å²) < 4.78 is 12.5. The number of hydrogen-bond acceptors (Lipinski definition) is 4. The number of carbonyl (C=O) groups is 1. The highest BCUT2D eigenvalue weighted by molar-refractivity contribution is 5.90. The van der Waals surface area contributed by atoms with Gasteiger partial charge in [-0.2, -0.15) is 0 Å². The molecule has 2 aliphatic heterocycles. The molecule has 2 aliphatic rings. The first-order valence-corrected chi connectivity index (χ1v) is 9.27. The summed E-state index contributed by atoms with van der Waals surface area (Å²) in [6.07, 6.45) is 1.68. The second-order valence-electron chi connectivity index (χ2n) is 7.00. The summed E-state index contributed by atoms with van der Waals surface area (Å²) in [5.41, 5.74) is 3.18. The van der Waals surface area contributed by atoms with Crippen LogP contribution in [0.5, 0.6) is 0 Å². The van der Waals surface area contributed by atoms with E-state index in [1.165, 1.54) is 0 Å². The van der Waals surface area contributed by atoms with E-state index in [9.17, 15) is 4.79 Å². The Hall–Kier alpha value is -2.63. The van der Waals surface area contributed by atoms with Gasteiger partial charge in [0.25, 0.3) is 0 Å². The van der Waals surface area contributed by atoms with Gasteiger partial charge in [0, 0.05) is 18.3 Å². The van der Waals surface area contributed by atoms with Crippen molar-refractivity contribution in [2.75, 3.05) is 19.7 Å². The van der Waals surface area contributed by atoms with E-state index < -0.39 is 5.79 Å². The van der Waals surface area contributed by atoms with Crippen molar-refractivity contribution in [3.8, 4) is 0 Å². The molecule has 5 heteroatoms. The Kier molecular flexibility index (Phi) is 4.97. The van der Waals surface area contributed by atoms with Crippen molar-refractivity contribution < 1.29 is 14.3 Å². The van der Waals surface area contributed by atoms with Gasteiger partial charge in [-0.1, -0.05) is 60.7 Å². The number of rotatable bonds is 5. The lowest BCUT2D eigenvalue weighted by Crippen LogP contribution is -2.53. The predicted molar refractivity (Wildman–Crippen MR) is 103 cm³/mol. The Morgan fingerprint density at radius 1 is 1.15 bits per heavy atom. The van der Waals surface area contributed by atoms with Gasteiger partial charge in [-0.05, 0) is 18.1 Å². The molecule has 0 bridgehead atoms. The zero-order valence-electron chi connectivity index (χ0n) is 15.4. The van der Waals surface area contributed by atoms with Crippen molar-refractivity contribution in [2.45, 2.75) is 25.4 Å². The molecule has 2 aromatic rings. The van der Waals surface area contributed by atoms with Gasteiger partial charge in [0.05, 0.1) is 19.8 Å². The highest BCUT2D eigenvalue weighted by Crippen LogP contribution is 2.41. The number of hydrogen-bond donors (Lipinski definition) is 1. The number of nitrogens with zero attached hydrogens (tertiary/aromatic N) is 1. The van der Waals surface area contributed by atoms with Crippen LogP contribution in [0, 0.1) is 0 Å². The van der Waals surface area contributed by atoms with Crippen molar-refractivity contribution in [3.05, 3.63) is 83.6 Å². The molecule has 0 spiro atoms. The largest absolute Gasteiger partial charge is 0.359 e. The Balaban J connectivity index is 1.65. The lowest BCUT2D eigenvalue weighted by atomic mass is 9.95. The molecule has 1 saturated heterocycles. The molecule has 0 aromatic heterocycles. The second-order valence-corrected chi connectivity index (χ2v) is 7.00. The van der Waals surface area contributed by atoms with E-state index in [-0.39, 0.29) is 11.9 Å². The molecule has 2 aromatic carbocycles. The van der Waals surface area contributed by atoms with E-state index in [2.05, 4.69) is 22.3 Å².